The van der Waals surface area contributed by atoms with E-state index in [-0.39, 0.29) is 28.9 Å². The highest BCUT2D eigenvalue weighted by Gasteiger charge is 2.27. The maximum atomic E-state index is 10.8. The third-order valence-corrected chi connectivity index (χ3v) is 2.80. The van der Waals surface area contributed by atoms with Gasteiger partial charge in [0.2, 0.25) is 5.39 Å². The summed E-state index contributed by atoms with van der Waals surface area (Å²) < 4.78 is 35.3. The van der Waals surface area contributed by atoms with Gasteiger partial charge in [-0.2, -0.15) is 8.42 Å². The van der Waals surface area contributed by atoms with Crippen molar-refractivity contribution in [3.8, 4) is 5.75 Å². The quantitative estimate of drug-likeness (QED) is 0.560. The Hall–Kier alpha value is -1.07. The summed E-state index contributed by atoms with van der Waals surface area (Å²) in [4.78, 5) is 2.12. The fourth-order valence-corrected chi connectivity index (χ4v) is 1.90. The molecule has 0 saturated heterocycles. The van der Waals surface area contributed by atoms with E-state index >= 15 is 0 Å². The van der Waals surface area contributed by atoms with Crippen LogP contribution >= 0.6 is 11.6 Å². The maximum absolute atomic E-state index is 10.8. The Bertz CT molecular complexity index is 538. The first-order valence-corrected chi connectivity index (χ1v) is 5.42. The Morgan fingerprint density at radius 2 is 2.06 bits per heavy atom. The summed E-state index contributed by atoms with van der Waals surface area (Å²) >= 11 is 5.64. The lowest BCUT2D eigenvalue weighted by molar-refractivity contribution is -0.00000770. The summed E-state index contributed by atoms with van der Waals surface area (Å²) in [5.74, 6) is 0.136. The first-order valence-electron chi connectivity index (χ1n) is 3.60. The van der Waals surface area contributed by atoms with Crippen LogP contribution in [0.4, 0.5) is 5.69 Å². The summed E-state index contributed by atoms with van der Waals surface area (Å²) in [5.41, 5.74) is -0.348. The van der Waals surface area contributed by atoms with Crippen molar-refractivity contribution >= 4 is 27.4 Å². The van der Waals surface area contributed by atoms with Crippen LogP contribution in [0.25, 0.3) is 4.98 Å². The predicted molar refractivity (Wildman–Crippen MR) is 52.6 cm³/mol. The zero-order valence-corrected chi connectivity index (χ0v) is 10.2. The molecule has 16 heavy (non-hydrogen) atoms. The second-order valence-electron chi connectivity index (χ2n) is 2.53. The van der Waals surface area contributed by atoms with Crippen molar-refractivity contribution in [3.05, 3.63) is 22.1 Å². The fraction of sp³-hybridized carbons (Fsp3) is 0.143. The van der Waals surface area contributed by atoms with Gasteiger partial charge in [0.25, 0.3) is 0 Å². The highest BCUT2D eigenvalue weighted by molar-refractivity contribution is 7.86. The first-order chi connectivity index (χ1) is 6.90. The van der Waals surface area contributed by atoms with Gasteiger partial charge in [-0.3, -0.25) is 4.55 Å². The molecule has 0 bridgehead atoms. The van der Waals surface area contributed by atoms with Crippen LogP contribution in [0, 0.1) is 5.39 Å². The van der Waals surface area contributed by atoms with E-state index in [9.17, 15) is 8.42 Å². The molecule has 0 heterocycles. The minimum Gasteiger partial charge on any atom is -1.00 e. The van der Waals surface area contributed by atoms with E-state index < -0.39 is 15.0 Å². The summed E-state index contributed by atoms with van der Waals surface area (Å²) in [6.45, 7) is 0. The number of ether oxygens (including phenoxy) is 1. The number of rotatable bonds is 2. The molecule has 0 fully saturated rings. The SMILES string of the molecule is COc1cc([N+]#N)c(S(=O)(=O)O)cc1Cl.[Cl-]. The monoisotopic (exact) mass is 284 g/mol. The van der Waals surface area contributed by atoms with E-state index in [0.717, 1.165) is 12.1 Å². The number of halogens is 2. The van der Waals surface area contributed by atoms with Gasteiger partial charge in [-0.25, -0.2) is 0 Å². The zero-order valence-electron chi connectivity index (χ0n) is 7.89. The van der Waals surface area contributed by atoms with Crippen molar-refractivity contribution in [2.24, 2.45) is 0 Å². The van der Waals surface area contributed by atoms with Gasteiger partial charge in [-0.1, -0.05) is 11.6 Å². The average Bonchev–Trinajstić information content (AvgIpc) is 2.16. The van der Waals surface area contributed by atoms with Crippen molar-refractivity contribution in [1.29, 1.82) is 5.39 Å². The van der Waals surface area contributed by atoms with E-state index in [2.05, 4.69) is 4.98 Å². The molecule has 0 unspecified atom stereocenters. The van der Waals surface area contributed by atoms with Crippen molar-refractivity contribution in [3.63, 3.8) is 0 Å². The van der Waals surface area contributed by atoms with Crippen LogP contribution in [-0.4, -0.2) is 20.1 Å². The molecule has 9 heteroatoms. The number of benzene rings is 1. The molecular formula is C7H6Cl2N2O4S. The zero-order chi connectivity index (χ0) is 11.6. The molecule has 0 saturated carbocycles. The van der Waals surface area contributed by atoms with Crippen LogP contribution in [0.3, 0.4) is 0 Å². The molecule has 0 atom stereocenters. The molecular weight excluding hydrogens is 279 g/mol. The number of nitrogens with zero attached hydrogens (tertiary/aromatic N) is 2. The van der Waals surface area contributed by atoms with Crippen molar-refractivity contribution in [1.82, 2.24) is 0 Å². The topological polar surface area (TPSA) is 91.8 Å². The summed E-state index contributed by atoms with van der Waals surface area (Å²) in [6, 6.07) is 2.02. The average molecular weight is 285 g/mol. The summed E-state index contributed by atoms with van der Waals surface area (Å²) in [6.07, 6.45) is 0. The lowest BCUT2D eigenvalue weighted by Gasteiger charge is -2.01. The molecule has 1 rings (SSSR count). The normalized spacial score (nSPS) is 10.1. The standard InChI is InChI=1S/C7H5ClN2O4S.ClH/c1-14-6-3-5(10-9)7(2-4(6)8)15(11,12)13;/h2-3H,1H3;1H. The Balaban J connectivity index is 0.00000225. The third-order valence-electron chi connectivity index (χ3n) is 1.62. The van der Waals surface area contributed by atoms with E-state index in [1.54, 1.807) is 0 Å². The molecule has 0 aliphatic carbocycles. The number of hydrogen-bond donors (Lipinski definition) is 1. The van der Waals surface area contributed by atoms with E-state index in [0.29, 0.717) is 0 Å². The Labute approximate surface area is 103 Å². The summed E-state index contributed by atoms with van der Waals surface area (Å²) in [7, 11) is -3.17. The van der Waals surface area contributed by atoms with Gasteiger partial charge >= 0.3 is 15.8 Å². The van der Waals surface area contributed by atoms with E-state index in [1.165, 1.54) is 7.11 Å². The number of methoxy groups -OCH3 is 1. The third kappa shape index (κ3) is 2.96. The number of diazo groups is 1. The smallest absolute Gasteiger partial charge is 0.409 e. The molecule has 0 aliphatic heterocycles. The minimum atomic E-state index is -4.49. The van der Waals surface area contributed by atoms with Crippen molar-refractivity contribution in [2.45, 2.75) is 4.90 Å². The van der Waals surface area contributed by atoms with Gasteiger partial charge in [0.15, 0.2) is 9.87 Å². The Kier molecular flexibility index (Phi) is 4.96. The van der Waals surface area contributed by atoms with Crippen LogP contribution in [0.5, 0.6) is 5.75 Å². The number of hydrogen-bond acceptors (Lipinski definition) is 4. The second-order valence-corrected chi connectivity index (χ2v) is 4.33. The maximum Gasteiger partial charge on any atom is 0.409 e. The minimum absolute atomic E-state index is 0. The van der Waals surface area contributed by atoms with Crippen LogP contribution in [0.1, 0.15) is 0 Å². The summed E-state index contributed by atoms with van der Waals surface area (Å²) in [5, 5.41) is 8.53. The fourth-order valence-electron chi connectivity index (χ4n) is 0.966. The lowest BCUT2D eigenvalue weighted by atomic mass is 10.3. The van der Waals surface area contributed by atoms with E-state index in [4.69, 9.17) is 26.3 Å². The van der Waals surface area contributed by atoms with Crippen LogP contribution in [0.2, 0.25) is 5.02 Å². The van der Waals surface area contributed by atoms with Gasteiger partial charge in [0, 0.05) is 0 Å². The molecule has 1 aromatic carbocycles. The largest absolute Gasteiger partial charge is 1.00 e. The molecule has 0 aromatic heterocycles. The van der Waals surface area contributed by atoms with Gasteiger partial charge in [-0.05, 0) is 6.07 Å². The lowest BCUT2D eigenvalue weighted by Crippen LogP contribution is -3.00. The van der Waals surface area contributed by atoms with Crippen LogP contribution in [0.15, 0.2) is 17.0 Å². The van der Waals surface area contributed by atoms with Gasteiger partial charge < -0.3 is 17.1 Å². The molecule has 0 radical (unpaired) electrons. The Morgan fingerprint density at radius 1 is 1.50 bits per heavy atom. The Morgan fingerprint density at radius 3 is 2.44 bits per heavy atom. The highest BCUT2D eigenvalue weighted by Crippen LogP contribution is 2.35. The predicted octanol–water partition coefficient (Wildman–Crippen LogP) is -0.916. The first kappa shape index (κ1) is 14.9. The van der Waals surface area contributed by atoms with Crippen molar-refractivity contribution in [2.75, 3.05) is 7.11 Å². The van der Waals surface area contributed by atoms with Gasteiger partial charge in [-0.15, -0.1) is 0 Å². The van der Waals surface area contributed by atoms with Crippen molar-refractivity contribution < 1.29 is 30.1 Å². The van der Waals surface area contributed by atoms with E-state index in [1.807, 2.05) is 0 Å². The molecule has 1 aromatic rings. The molecule has 6 nitrogen and oxygen atoms in total. The molecule has 1 N–H and O–H groups in total. The highest BCUT2D eigenvalue weighted by atomic mass is 35.5. The van der Waals surface area contributed by atoms with Gasteiger partial charge in [0.05, 0.1) is 18.2 Å². The molecule has 0 aliphatic rings. The second kappa shape index (κ2) is 5.32. The molecule has 88 valence electrons. The molecule has 0 spiro atoms. The van der Waals surface area contributed by atoms with Crippen LogP contribution in [-0.2, 0) is 10.1 Å². The van der Waals surface area contributed by atoms with Gasteiger partial charge in [0.1, 0.15) is 5.75 Å². The van der Waals surface area contributed by atoms with Crippen LogP contribution < -0.4 is 17.1 Å². The molecule has 0 amide bonds.